The maximum Gasteiger partial charge on any atom is 1.00 e. The van der Waals surface area contributed by atoms with Crippen LogP contribution in [-0.2, 0) is 0 Å². The summed E-state index contributed by atoms with van der Waals surface area (Å²) in [5.41, 5.74) is 0. The van der Waals surface area contributed by atoms with Crippen molar-refractivity contribution < 1.29 is 18.9 Å². The van der Waals surface area contributed by atoms with Gasteiger partial charge in [0.2, 0.25) is 0 Å². The number of hydrogen-bond acceptors (Lipinski definition) is 0. The van der Waals surface area contributed by atoms with Crippen molar-refractivity contribution in [3.05, 3.63) is 4.65 Å². The zero-order valence-electron chi connectivity index (χ0n) is 8.86. The van der Waals surface area contributed by atoms with Crippen molar-refractivity contribution in [1.29, 1.82) is 0 Å². The standard InChI is InChI=1S/C6H18NSi2.ClH.Li/c1-8(2,3)7-9(4,5)6;;/h1-6H3;1H;/q-1;;+1. The van der Waals surface area contributed by atoms with Crippen LogP contribution >= 0.6 is 12.4 Å². The van der Waals surface area contributed by atoms with E-state index < -0.39 is 16.5 Å². The second-order valence-corrected chi connectivity index (χ2v) is 14.0. The molecule has 0 amide bonds. The Bertz CT molecular complexity index is 85.7. The molecule has 0 saturated heterocycles. The molecule has 0 aromatic rings. The normalized spacial score (nSPS) is 11.5. The Hall–Kier alpha value is 1.28. The van der Waals surface area contributed by atoms with Crippen LogP contribution in [0.25, 0.3) is 4.65 Å². The molecule has 0 fully saturated rings. The molecule has 0 aromatic heterocycles. The van der Waals surface area contributed by atoms with Crippen molar-refractivity contribution in [2.24, 2.45) is 0 Å². The Morgan fingerprint density at radius 3 is 0.909 bits per heavy atom. The van der Waals surface area contributed by atoms with Crippen molar-refractivity contribution in [2.75, 3.05) is 0 Å². The van der Waals surface area contributed by atoms with Crippen LogP contribution in [0.3, 0.4) is 0 Å². The van der Waals surface area contributed by atoms with Crippen LogP contribution in [0.5, 0.6) is 0 Å². The first-order valence-corrected chi connectivity index (χ1v) is 10.3. The molecule has 0 saturated carbocycles. The summed E-state index contributed by atoms with van der Waals surface area (Å²) in [6.07, 6.45) is 0. The van der Waals surface area contributed by atoms with E-state index in [4.69, 9.17) is 4.65 Å². The summed E-state index contributed by atoms with van der Waals surface area (Å²) < 4.78 is 4.82. The van der Waals surface area contributed by atoms with Gasteiger partial charge in [0, 0.05) is 0 Å². The summed E-state index contributed by atoms with van der Waals surface area (Å²) >= 11 is 0. The summed E-state index contributed by atoms with van der Waals surface area (Å²) in [4.78, 5) is 0. The van der Waals surface area contributed by atoms with Crippen LogP contribution in [0.15, 0.2) is 0 Å². The fourth-order valence-corrected chi connectivity index (χ4v) is 9.06. The molecule has 0 aliphatic rings. The average molecular weight is 204 g/mol. The molecule has 0 aromatic carbocycles. The average Bonchev–Trinajstić information content (AvgIpc) is 1.14. The first-order chi connectivity index (χ1) is 3.71. The van der Waals surface area contributed by atoms with Crippen LogP contribution in [0, 0.1) is 0 Å². The second kappa shape index (κ2) is 5.85. The Morgan fingerprint density at radius 1 is 0.727 bits per heavy atom. The smallest absolute Gasteiger partial charge is 0.668 e. The van der Waals surface area contributed by atoms with E-state index >= 15 is 0 Å². The molecule has 5 heteroatoms. The first kappa shape index (κ1) is 18.1. The van der Waals surface area contributed by atoms with E-state index in [0.717, 1.165) is 0 Å². The predicted octanol–water partition coefficient (Wildman–Crippen LogP) is 0.456. The summed E-state index contributed by atoms with van der Waals surface area (Å²) in [6.45, 7) is 13.8. The molecule has 0 bridgehead atoms. The maximum atomic E-state index is 4.82. The third kappa shape index (κ3) is 18.3. The van der Waals surface area contributed by atoms with Gasteiger partial charge in [-0.1, -0.05) is 55.8 Å². The zero-order valence-corrected chi connectivity index (χ0v) is 11.7. The van der Waals surface area contributed by atoms with E-state index in [2.05, 4.69) is 39.3 Å². The van der Waals surface area contributed by atoms with E-state index in [1.165, 1.54) is 0 Å². The molecule has 0 spiro atoms. The van der Waals surface area contributed by atoms with E-state index in [1.807, 2.05) is 0 Å². The zero-order chi connectivity index (χ0) is 7.71. The van der Waals surface area contributed by atoms with Gasteiger partial charge in [-0.3, -0.25) is 0 Å². The largest absolute Gasteiger partial charge is 1.00 e. The van der Waals surface area contributed by atoms with Gasteiger partial charge < -0.3 is 4.65 Å². The van der Waals surface area contributed by atoms with Gasteiger partial charge in [-0.15, -0.1) is 12.4 Å². The number of hydrogen-bond donors (Lipinski definition) is 0. The first-order valence-electron chi connectivity index (χ1n) is 3.45. The van der Waals surface area contributed by atoms with Gasteiger partial charge in [0.15, 0.2) is 0 Å². The van der Waals surface area contributed by atoms with Crippen molar-refractivity contribution in [3.63, 3.8) is 0 Å². The van der Waals surface area contributed by atoms with Crippen LogP contribution in [-0.4, -0.2) is 16.5 Å². The van der Waals surface area contributed by atoms with E-state index in [-0.39, 0.29) is 31.3 Å². The molecule has 0 aliphatic carbocycles. The number of halogens is 1. The minimum atomic E-state index is -1.11. The minimum absolute atomic E-state index is 0. The molecule has 0 atom stereocenters. The van der Waals surface area contributed by atoms with Crippen molar-refractivity contribution in [1.82, 2.24) is 0 Å². The molecule has 0 unspecified atom stereocenters. The summed E-state index contributed by atoms with van der Waals surface area (Å²) in [7, 11) is -2.21. The third-order valence-corrected chi connectivity index (χ3v) is 6.04. The van der Waals surface area contributed by atoms with Gasteiger partial charge >= 0.3 is 18.9 Å². The van der Waals surface area contributed by atoms with E-state index in [0.29, 0.717) is 0 Å². The molecule has 64 valence electrons. The van der Waals surface area contributed by atoms with Gasteiger partial charge in [-0.25, -0.2) is 0 Å². The third-order valence-electron chi connectivity index (χ3n) is 0.671. The predicted molar refractivity (Wildman–Crippen MR) is 57.3 cm³/mol. The van der Waals surface area contributed by atoms with E-state index in [9.17, 15) is 0 Å². The molecule has 0 heterocycles. The molecular formula is C6H19ClLiNSi2. The Kier molecular flexibility index (Phi) is 9.64. The van der Waals surface area contributed by atoms with Gasteiger partial charge in [-0.05, 0) is 0 Å². The van der Waals surface area contributed by atoms with Gasteiger partial charge in [0.1, 0.15) is 0 Å². The molecule has 0 N–H and O–H groups in total. The van der Waals surface area contributed by atoms with Gasteiger partial charge in [0.05, 0.1) is 0 Å². The van der Waals surface area contributed by atoms with Crippen molar-refractivity contribution >= 4 is 28.9 Å². The van der Waals surface area contributed by atoms with E-state index in [1.54, 1.807) is 0 Å². The monoisotopic (exact) mass is 203 g/mol. The SMILES string of the molecule is C[Si](C)(C)[N-][Si](C)(C)C.Cl.[Li+]. The van der Waals surface area contributed by atoms with Crippen LogP contribution in [0.1, 0.15) is 0 Å². The molecule has 0 rings (SSSR count). The fraction of sp³-hybridized carbons (Fsp3) is 1.00. The minimum Gasteiger partial charge on any atom is -0.668 e. The van der Waals surface area contributed by atoms with Crippen LogP contribution < -0.4 is 18.9 Å². The fourth-order valence-electron chi connectivity index (χ4n) is 1.01. The number of nitrogens with zero attached hydrogens (tertiary/aromatic N) is 1. The van der Waals surface area contributed by atoms with Gasteiger partial charge in [0.25, 0.3) is 0 Å². The second-order valence-electron chi connectivity index (χ2n) is 4.45. The van der Waals surface area contributed by atoms with Crippen molar-refractivity contribution in [2.45, 2.75) is 39.3 Å². The topological polar surface area (TPSA) is 14.1 Å². The Balaban J connectivity index is -0.000000320. The molecule has 0 radical (unpaired) electrons. The molecular weight excluding hydrogens is 185 g/mol. The van der Waals surface area contributed by atoms with Crippen LogP contribution in [0.4, 0.5) is 0 Å². The Labute approximate surface area is 91.5 Å². The summed E-state index contributed by atoms with van der Waals surface area (Å²) in [6, 6.07) is 0. The molecule has 11 heavy (non-hydrogen) atoms. The Morgan fingerprint density at radius 2 is 0.909 bits per heavy atom. The summed E-state index contributed by atoms with van der Waals surface area (Å²) in [5.74, 6) is 0. The van der Waals surface area contributed by atoms with Gasteiger partial charge in [-0.2, -0.15) is 0 Å². The van der Waals surface area contributed by atoms with Crippen molar-refractivity contribution in [3.8, 4) is 0 Å². The number of rotatable bonds is 2. The molecule has 1 nitrogen and oxygen atoms in total. The van der Waals surface area contributed by atoms with Crippen LogP contribution in [0.2, 0.25) is 39.3 Å². The quantitative estimate of drug-likeness (QED) is 0.579. The maximum absolute atomic E-state index is 4.82. The summed E-state index contributed by atoms with van der Waals surface area (Å²) in [5, 5.41) is 0. The molecule has 0 aliphatic heterocycles.